The van der Waals surface area contributed by atoms with Crippen LogP contribution in [0.5, 0.6) is 0 Å². The summed E-state index contributed by atoms with van der Waals surface area (Å²) in [5.74, 6) is 2.39. The number of halogens is 1. The van der Waals surface area contributed by atoms with Gasteiger partial charge in [-0.3, -0.25) is 4.79 Å². The van der Waals surface area contributed by atoms with Gasteiger partial charge in [-0.15, -0.1) is 0 Å². The van der Waals surface area contributed by atoms with Crippen molar-refractivity contribution in [3.8, 4) is 11.3 Å². The van der Waals surface area contributed by atoms with E-state index in [-0.39, 0.29) is 6.54 Å². The Bertz CT molecular complexity index is 102. The lowest BCUT2D eigenvalue weighted by molar-refractivity contribution is 0.546. The number of carbonyl (C=O) groups excluding carboxylic acids is 1. The van der Waals surface area contributed by atoms with Crippen molar-refractivity contribution in [2.45, 2.75) is 0 Å². The number of hydrogen-bond acceptors (Lipinski definition) is 1. The van der Waals surface area contributed by atoms with Crippen LogP contribution in [0.15, 0.2) is 0 Å². The van der Waals surface area contributed by atoms with Crippen molar-refractivity contribution < 1.29 is 4.79 Å². The molecule has 0 fully saturated rings. The highest BCUT2D eigenvalue weighted by Gasteiger charge is 1.68. The summed E-state index contributed by atoms with van der Waals surface area (Å²) in [7, 11) is 0. The zero-order valence-corrected chi connectivity index (χ0v) is 4.25. The molecule has 3 heteroatoms. The van der Waals surface area contributed by atoms with Gasteiger partial charge in [-0.1, -0.05) is 5.92 Å². The first-order valence-electron chi connectivity index (χ1n) is 1.60. The summed E-state index contributed by atoms with van der Waals surface area (Å²) in [5.41, 5.74) is 0. The Morgan fingerprint density at radius 3 is 2.86 bits per heavy atom. The molecule has 1 amide bonds. The predicted molar refractivity (Wildman–Crippen MR) is 27.3 cm³/mol. The Kier molecular flexibility index (Phi) is 4.80. The standard InChI is InChI=1S/C4H3ClNO/c5-2-1-3-6-4-7/h3H2,(H,6,7). The van der Waals surface area contributed by atoms with Gasteiger partial charge in [0.15, 0.2) is 0 Å². The van der Waals surface area contributed by atoms with Gasteiger partial charge in [0.1, 0.15) is 0 Å². The molecule has 0 rings (SSSR count). The maximum Gasteiger partial charge on any atom is 0.310 e. The van der Waals surface area contributed by atoms with E-state index in [1.165, 1.54) is 6.41 Å². The van der Waals surface area contributed by atoms with Crippen LogP contribution < -0.4 is 5.32 Å². The van der Waals surface area contributed by atoms with Crippen molar-refractivity contribution >= 4 is 18.0 Å². The number of nitrogens with one attached hydrogen (secondary N) is 1. The second-order valence-corrected chi connectivity index (χ2v) is 0.916. The molecule has 0 atom stereocenters. The topological polar surface area (TPSA) is 29.1 Å². The highest BCUT2D eigenvalue weighted by atomic mass is 35.5. The average Bonchev–Trinajstić information content (AvgIpc) is 1.69. The van der Waals surface area contributed by atoms with Crippen LogP contribution in [0.4, 0.5) is 0 Å². The van der Waals surface area contributed by atoms with Crippen molar-refractivity contribution in [3.05, 3.63) is 0 Å². The molecule has 0 aliphatic rings. The molecule has 7 heavy (non-hydrogen) atoms. The molecule has 0 saturated carbocycles. The lowest BCUT2D eigenvalue weighted by Gasteiger charge is -1.77. The zero-order valence-electron chi connectivity index (χ0n) is 3.49. The lowest BCUT2D eigenvalue weighted by Crippen LogP contribution is -2.09. The third-order valence-electron chi connectivity index (χ3n) is 0.316. The fraction of sp³-hybridized carbons (Fsp3) is 0.250. The van der Waals surface area contributed by atoms with Gasteiger partial charge in [0, 0.05) is 5.38 Å². The molecular weight excluding hydrogens is 114 g/mol. The summed E-state index contributed by atoms with van der Waals surface area (Å²) in [6.45, 7) is 0.271. The van der Waals surface area contributed by atoms with Crippen molar-refractivity contribution in [2.24, 2.45) is 0 Å². The van der Waals surface area contributed by atoms with E-state index >= 15 is 0 Å². The van der Waals surface area contributed by atoms with Crippen LogP contribution in [0.3, 0.4) is 0 Å². The van der Waals surface area contributed by atoms with E-state index in [9.17, 15) is 4.79 Å². The molecule has 0 aromatic carbocycles. The quantitative estimate of drug-likeness (QED) is 0.303. The van der Waals surface area contributed by atoms with Gasteiger partial charge in [-0.2, -0.15) is 0 Å². The minimum Gasteiger partial charge on any atom is -0.337 e. The van der Waals surface area contributed by atoms with E-state index < -0.39 is 0 Å². The molecule has 0 aliphatic carbocycles. The SMILES string of the molecule is O=[C]NCC#CCl. The number of amides is 1. The summed E-state index contributed by atoms with van der Waals surface area (Å²) in [4.78, 5) is 9.33. The van der Waals surface area contributed by atoms with Crippen molar-refractivity contribution in [3.63, 3.8) is 0 Å². The van der Waals surface area contributed by atoms with Crippen molar-refractivity contribution in [1.29, 1.82) is 0 Å². The van der Waals surface area contributed by atoms with Crippen LogP contribution in [-0.4, -0.2) is 13.0 Å². The van der Waals surface area contributed by atoms with E-state index in [0.717, 1.165) is 0 Å². The smallest absolute Gasteiger partial charge is 0.310 e. The predicted octanol–water partition coefficient (Wildman–Crippen LogP) is -0.157. The monoisotopic (exact) mass is 116 g/mol. The molecule has 0 aromatic rings. The van der Waals surface area contributed by atoms with Crippen molar-refractivity contribution in [1.82, 2.24) is 5.32 Å². The van der Waals surface area contributed by atoms with Gasteiger partial charge in [-0.05, 0) is 11.6 Å². The summed E-state index contributed by atoms with van der Waals surface area (Å²) >= 11 is 4.91. The molecule has 1 radical (unpaired) electrons. The highest BCUT2D eigenvalue weighted by molar-refractivity contribution is 6.30. The van der Waals surface area contributed by atoms with E-state index in [1.54, 1.807) is 0 Å². The normalized spacial score (nSPS) is 5.86. The second-order valence-electron chi connectivity index (χ2n) is 0.727. The van der Waals surface area contributed by atoms with Gasteiger partial charge in [0.05, 0.1) is 6.54 Å². The van der Waals surface area contributed by atoms with Crippen LogP contribution in [0, 0.1) is 11.3 Å². The van der Waals surface area contributed by atoms with Crippen LogP contribution >= 0.6 is 11.6 Å². The van der Waals surface area contributed by atoms with Gasteiger partial charge in [0.25, 0.3) is 0 Å². The molecule has 0 aromatic heterocycles. The maximum atomic E-state index is 9.33. The second kappa shape index (κ2) is 5.32. The number of rotatable bonds is 2. The first-order valence-corrected chi connectivity index (χ1v) is 1.98. The van der Waals surface area contributed by atoms with Crippen molar-refractivity contribution in [2.75, 3.05) is 6.54 Å². The summed E-state index contributed by atoms with van der Waals surface area (Å²) in [6.07, 6.45) is 1.44. The third-order valence-corrected chi connectivity index (χ3v) is 0.449. The van der Waals surface area contributed by atoms with Gasteiger partial charge in [0.2, 0.25) is 0 Å². The third kappa shape index (κ3) is 5.32. The minimum absolute atomic E-state index is 0.271. The maximum absolute atomic E-state index is 9.33. The fourth-order valence-electron chi connectivity index (χ4n) is 0.114. The Labute approximate surface area is 46.8 Å². The van der Waals surface area contributed by atoms with E-state index in [4.69, 9.17) is 11.6 Å². The van der Waals surface area contributed by atoms with E-state index in [2.05, 4.69) is 16.6 Å². The Morgan fingerprint density at radius 2 is 2.43 bits per heavy atom. The summed E-state index contributed by atoms with van der Waals surface area (Å²) in [6, 6.07) is 0. The number of hydrogen-bond donors (Lipinski definition) is 1. The molecule has 0 spiro atoms. The summed E-state index contributed by atoms with van der Waals surface area (Å²) < 4.78 is 0. The summed E-state index contributed by atoms with van der Waals surface area (Å²) in [5, 5.41) is 4.27. The molecule has 0 heterocycles. The molecule has 0 unspecified atom stereocenters. The molecule has 0 aliphatic heterocycles. The minimum atomic E-state index is 0.271. The van der Waals surface area contributed by atoms with E-state index in [0.29, 0.717) is 0 Å². The van der Waals surface area contributed by atoms with Crippen LogP contribution in [-0.2, 0) is 4.79 Å². The highest BCUT2D eigenvalue weighted by Crippen LogP contribution is 1.58. The largest absolute Gasteiger partial charge is 0.337 e. The molecule has 1 N–H and O–H groups in total. The molecule has 0 bridgehead atoms. The fourth-order valence-corrected chi connectivity index (χ4v) is 0.181. The first-order chi connectivity index (χ1) is 3.41. The lowest BCUT2D eigenvalue weighted by atomic mass is 10.7. The van der Waals surface area contributed by atoms with Gasteiger partial charge in [-0.25, -0.2) is 0 Å². The van der Waals surface area contributed by atoms with Crippen LogP contribution in [0.1, 0.15) is 0 Å². The van der Waals surface area contributed by atoms with Gasteiger partial charge >= 0.3 is 6.41 Å². The Morgan fingerprint density at radius 1 is 1.71 bits per heavy atom. The molecule has 0 saturated heterocycles. The van der Waals surface area contributed by atoms with E-state index in [1.807, 2.05) is 0 Å². The van der Waals surface area contributed by atoms with Gasteiger partial charge < -0.3 is 5.32 Å². The average molecular weight is 117 g/mol. The molecule has 2 nitrogen and oxygen atoms in total. The zero-order chi connectivity index (χ0) is 5.54. The molecular formula is C4H3ClNO. The molecule has 37 valence electrons. The first kappa shape index (κ1) is 6.32. The van der Waals surface area contributed by atoms with Crippen LogP contribution in [0.2, 0.25) is 0 Å². The Hall–Kier alpha value is -0.680. The Balaban J connectivity index is 2.92. The van der Waals surface area contributed by atoms with Crippen LogP contribution in [0.25, 0.3) is 0 Å².